The molecule has 2 aromatic rings. The average molecular weight is 429 g/mol. The smallest absolute Gasteiger partial charge is 0.245 e. The van der Waals surface area contributed by atoms with Gasteiger partial charge in [-0.05, 0) is 56.5 Å². The summed E-state index contributed by atoms with van der Waals surface area (Å²) in [5.41, 5.74) is 5.59. The molecule has 0 bridgehead atoms. The molecule has 5 rings (SSSR count). The van der Waals surface area contributed by atoms with Crippen LogP contribution in [0.15, 0.2) is 17.8 Å². The fourth-order valence-electron chi connectivity index (χ4n) is 5.44. The lowest BCUT2D eigenvalue weighted by Gasteiger charge is -2.40. The van der Waals surface area contributed by atoms with Crippen LogP contribution in [-0.2, 0) is 9.59 Å². The largest absolute Gasteiger partial charge is 0.368 e. The number of aromatic nitrogens is 2. The second kappa shape index (κ2) is 8.11. The van der Waals surface area contributed by atoms with Gasteiger partial charge in [-0.1, -0.05) is 0 Å². The van der Waals surface area contributed by atoms with Gasteiger partial charge in [-0.3, -0.25) is 14.5 Å². The molecule has 0 aliphatic carbocycles. The number of primary amides is 1. The number of amides is 2. The van der Waals surface area contributed by atoms with Crippen LogP contribution < -0.4 is 10.6 Å². The molecule has 0 radical (unpaired) electrons. The summed E-state index contributed by atoms with van der Waals surface area (Å²) < 4.78 is 0. The molecule has 0 saturated carbocycles. The summed E-state index contributed by atoms with van der Waals surface area (Å²) in [6.07, 6.45) is 7.17. The second-order valence-electron chi connectivity index (χ2n) is 8.54. The Morgan fingerprint density at radius 3 is 2.57 bits per heavy atom. The maximum atomic E-state index is 13.4. The topological polar surface area (TPSA) is 95.7 Å². The average Bonchev–Trinajstić information content (AvgIpc) is 3.53. The molecule has 0 aromatic carbocycles. The number of piperidine rings is 1. The van der Waals surface area contributed by atoms with E-state index in [1.165, 1.54) is 0 Å². The van der Waals surface area contributed by atoms with E-state index in [4.69, 9.17) is 5.73 Å². The second-order valence-corrected chi connectivity index (χ2v) is 9.44. The molecular weight excluding hydrogens is 400 g/mol. The summed E-state index contributed by atoms with van der Waals surface area (Å²) in [5.74, 6) is 0.881. The lowest BCUT2D eigenvalue weighted by atomic mass is 10.0. The monoisotopic (exact) mass is 428 g/mol. The molecule has 2 unspecified atom stereocenters. The van der Waals surface area contributed by atoms with Crippen LogP contribution in [-0.4, -0.2) is 75.9 Å². The molecule has 2 atom stereocenters. The number of fused-ring (bicyclic) bond motifs is 1. The van der Waals surface area contributed by atoms with Crippen molar-refractivity contribution in [2.75, 3.05) is 31.1 Å². The maximum Gasteiger partial charge on any atom is 0.245 e. The first-order chi connectivity index (χ1) is 14.6. The number of nitrogens with zero attached hydrogens (tertiary/aromatic N) is 5. The molecule has 30 heavy (non-hydrogen) atoms. The van der Waals surface area contributed by atoms with Gasteiger partial charge in [0.15, 0.2) is 0 Å². The summed E-state index contributed by atoms with van der Waals surface area (Å²) in [7, 11) is 0. The zero-order valence-corrected chi connectivity index (χ0v) is 17.9. The van der Waals surface area contributed by atoms with Gasteiger partial charge in [0, 0.05) is 25.7 Å². The molecule has 3 aliphatic heterocycles. The molecule has 2 aromatic heterocycles. The van der Waals surface area contributed by atoms with Gasteiger partial charge in [0.05, 0.1) is 11.4 Å². The Hall–Kier alpha value is -2.26. The van der Waals surface area contributed by atoms with E-state index in [0.29, 0.717) is 6.04 Å². The van der Waals surface area contributed by atoms with Crippen LogP contribution in [0.1, 0.15) is 38.5 Å². The zero-order valence-electron chi connectivity index (χ0n) is 17.1. The first-order valence-electron chi connectivity index (χ1n) is 10.9. The van der Waals surface area contributed by atoms with E-state index < -0.39 is 0 Å². The highest BCUT2D eigenvalue weighted by Crippen LogP contribution is 2.33. The zero-order chi connectivity index (χ0) is 20.7. The Balaban J connectivity index is 1.26. The summed E-state index contributed by atoms with van der Waals surface area (Å²) in [6.45, 7) is 3.27. The van der Waals surface area contributed by atoms with Crippen molar-refractivity contribution < 1.29 is 9.59 Å². The van der Waals surface area contributed by atoms with Crippen molar-refractivity contribution in [1.82, 2.24) is 19.8 Å². The molecular formula is C21H28N6O2S. The van der Waals surface area contributed by atoms with Gasteiger partial charge in [0.2, 0.25) is 11.8 Å². The van der Waals surface area contributed by atoms with Crippen LogP contribution in [0.3, 0.4) is 0 Å². The summed E-state index contributed by atoms with van der Waals surface area (Å²) >= 11 is 1.60. The lowest BCUT2D eigenvalue weighted by molar-refractivity contribution is -0.134. The van der Waals surface area contributed by atoms with Gasteiger partial charge in [-0.25, -0.2) is 9.97 Å². The minimum Gasteiger partial charge on any atom is -0.368 e. The predicted octanol–water partition coefficient (Wildman–Crippen LogP) is 1.60. The summed E-state index contributed by atoms with van der Waals surface area (Å²) in [4.78, 5) is 41.5. The number of nitrogens with two attached hydrogens (primary N) is 1. The Bertz CT molecular complexity index is 940. The standard InChI is InChI=1S/C21H28N6O2S/c22-18(28)16-3-1-8-26(16)14-5-10-25(11-6-14)21(29)17-4-2-9-27(17)19-15-7-12-30-20(15)24-13-23-19/h7,12-14,16-17H,1-6,8-11H2,(H2,22,28). The molecule has 3 saturated heterocycles. The van der Waals surface area contributed by atoms with Gasteiger partial charge in [0.1, 0.15) is 23.0 Å². The maximum absolute atomic E-state index is 13.4. The molecule has 160 valence electrons. The van der Waals surface area contributed by atoms with Crippen molar-refractivity contribution in [2.24, 2.45) is 5.73 Å². The normalized spacial score (nSPS) is 26.0. The molecule has 5 heterocycles. The third kappa shape index (κ3) is 3.43. The van der Waals surface area contributed by atoms with Gasteiger partial charge < -0.3 is 15.5 Å². The highest BCUT2D eigenvalue weighted by molar-refractivity contribution is 7.16. The number of hydrogen-bond donors (Lipinski definition) is 1. The number of carbonyl (C=O) groups excluding carboxylic acids is 2. The Labute approximate surface area is 180 Å². The number of anilines is 1. The van der Waals surface area contributed by atoms with Crippen LogP contribution in [0.4, 0.5) is 5.82 Å². The minimum atomic E-state index is -0.211. The number of hydrogen-bond acceptors (Lipinski definition) is 7. The molecule has 9 heteroatoms. The SMILES string of the molecule is NC(=O)C1CCCN1C1CCN(C(=O)C2CCCN2c2ncnc3sccc23)CC1. The van der Waals surface area contributed by atoms with E-state index in [2.05, 4.69) is 19.8 Å². The van der Waals surface area contributed by atoms with Gasteiger partial charge in [0.25, 0.3) is 0 Å². The van der Waals surface area contributed by atoms with Crippen molar-refractivity contribution in [3.8, 4) is 0 Å². The van der Waals surface area contributed by atoms with Crippen LogP contribution >= 0.6 is 11.3 Å². The third-order valence-electron chi connectivity index (χ3n) is 6.92. The summed E-state index contributed by atoms with van der Waals surface area (Å²) in [6, 6.07) is 2.12. The van der Waals surface area contributed by atoms with Gasteiger partial charge in [-0.2, -0.15) is 0 Å². The number of likely N-dealkylation sites (tertiary alicyclic amines) is 2. The first kappa shape index (κ1) is 19.7. The first-order valence-corrected chi connectivity index (χ1v) is 11.8. The summed E-state index contributed by atoms with van der Waals surface area (Å²) in [5, 5.41) is 3.06. The van der Waals surface area contributed by atoms with E-state index in [1.807, 2.05) is 16.3 Å². The molecule has 3 fully saturated rings. The van der Waals surface area contributed by atoms with E-state index in [-0.39, 0.29) is 23.9 Å². The Kier molecular flexibility index (Phi) is 5.32. The number of thiophene rings is 1. The lowest BCUT2D eigenvalue weighted by Crippen LogP contribution is -2.54. The fraction of sp³-hybridized carbons (Fsp3) is 0.619. The van der Waals surface area contributed by atoms with E-state index >= 15 is 0 Å². The van der Waals surface area contributed by atoms with Gasteiger partial charge in [-0.15, -0.1) is 11.3 Å². The Morgan fingerprint density at radius 1 is 1.00 bits per heavy atom. The fourth-order valence-corrected chi connectivity index (χ4v) is 6.17. The molecule has 2 amide bonds. The van der Waals surface area contributed by atoms with E-state index in [9.17, 15) is 9.59 Å². The van der Waals surface area contributed by atoms with Crippen LogP contribution in [0, 0.1) is 0 Å². The quantitative estimate of drug-likeness (QED) is 0.795. The van der Waals surface area contributed by atoms with Gasteiger partial charge >= 0.3 is 0 Å². The minimum absolute atomic E-state index is 0.131. The van der Waals surface area contributed by atoms with Crippen molar-refractivity contribution in [3.63, 3.8) is 0 Å². The van der Waals surface area contributed by atoms with Crippen molar-refractivity contribution in [2.45, 2.75) is 56.7 Å². The molecule has 2 N–H and O–H groups in total. The molecule has 8 nitrogen and oxygen atoms in total. The molecule has 0 spiro atoms. The van der Waals surface area contributed by atoms with Crippen LogP contribution in [0.25, 0.3) is 10.2 Å². The van der Waals surface area contributed by atoms with Crippen molar-refractivity contribution in [3.05, 3.63) is 17.8 Å². The van der Waals surface area contributed by atoms with Crippen molar-refractivity contribution >= 4 is 39.2 Å². The highest BCUT2D eigenvalue weighted by atomic mass is 32.1. The van der Waals surface area contributed by atoms with Crippen LogP contribution in [0.5, 0.6) is 0 Å². The van der Waals surface area contributed by atoms with E-state index in [0.717, 1.165) is 80.7 Å². The predicted molar refractivity (Wildman–Crippen MR) is 116 cm³/mol. The third-order valence-corrected chi connectivity index (χ3v) is 7.74. The van der Waals surface area contributed by atoms with E-state index in [1.54, 1.807) is 17.7 Å². The molecule has 3 aliphatic rings. The number of rotatable bonds is 4. The highest BCUT2D eigenvalue weighted by Gasteiger charge is 2.39. The van der Waals surface area contributed by atoms with Crippen molar-refractivity contribution in [1.29, 1.82) is 0 Å². The van der Waals surface area contributed by atoms with Crippen LogP contribution in [0.2, 0.25) is 0 Å². The number of carbonyl (C=O) groups is 2. The Morgan fingerprint density at radius 2 is 1.77 bits per heavy atom.